The smallest absolute Gasteiger partial charge is 0.410 e. The quantitative estimate of drug-likeness (QED) is 0.681. The maximum Gasteiger partial charge on any atom is 0.410 e. The van der Waals surface area contributed by atoms with E-state index < -0.39 is 28.1 Å². The van der Waals surface area contributed by atoms with Crippen molar-refractivity contribution in [2.45, 2.75) is 38.8 Å². The number of halogens is 1. The van der Waals surface area contributed by atoms with Gasteiger partial charge in [-0.25, -0.2) is 4.79 Å². The van der Waals surface area contributed by atoms with Crippen LogP contribution < -0.4 is 5.32 Å². The van der Waals surface area contributed by atoms with Gasteiger partial charge in [0, 0.05) is 19.1 Å². The predicted molar refractivity (Wildman–Crippen MR) is 82.9 cm³/mol. The summed E-state index contributed by atoms with van der Waals surface area (Å²) in [5, 5.41) is 13.9. The van der Waals surface area contributed by atoms with Crippen molar-refractivity contribution < 1.29 is 18.8 Å². The third-order valence-electron chi connectivity index (χ3n) is 3.37. The Morgan fingerprint density at radius 2 is 2.17 bits per heavy atom. The fraction of sp³-hybridized carbons (Fsp3) is 0.533. The van der Waals surface area contributed by atoms with E-state index in [1.165, 1.54) is 17.0 Å². The molecule has 0 bridgehead atoms. The number of rotatable bonds is 3. The normalized spacial score (nSPS) is 17.9. The topological polar surface area (TPSA) is 84.7 Å². The van der Waals surface area contributed by atoms with Gasteiger partial charge in [-0.05, 0) is 39.3 Å². The molecule has 1 N–H and O–H groups in total. The van der Waals surface area contributed by atoms with Crippen LogP contribution >= 0.6 is 0 Å². The average Bonchev–Trinajstić information content (AvgIpc) is 2.85. The summed E-state index contributed by atoms with van der Waals surface area (Å²) in [6.45, 7) is 6.19. The first-order valence-corrected chi connectivity index (χ1v) is 7.35. The highest BCUT2D eigenvalue weighted by Crippen LogP contribution is 2.29. The number of nitrogens with one attached hydrogen (secondary N) is 1. The molecular formula is C15H20FN3O4. The second-order valence-corrected chi connectivity index (χ2v) is 6.45. The Morgan fingerprint density at radius 1 is 1.48 bits per heavy atom. The van der Waals surface area contributed by atoms with Gasteiger partial charge in [-0.2, -0.15) is 4.39 Å². The second kappa shape index (κ2) is 6.39. The molecule has 1 aromatic rings. The molecule has 1 aromatic carbocycles. The molecule has 1 amide bonds. The van der Waals surface area contributed by atoms with Crippen LogP contribution in [-0.4, -0.2) is 40.6 Å². The molecule has 1 aliphatic rings. The molecule has 1 unspecified atom stereocenters. The highest BCUT2D eigenvalue weighted by Gasteiger charge is 2.31. The van der Waals surface area contributed by atoms with E-state index in [2.05, 4.69) is 5.32 Å². The van der Waals surface area contributed by atoms with E-state index in [4.69, 9.17) is 4.74 Å². The van der Waals surface area contributed by atoms with Crippen molar-refractivity contribution in [3.05, 3.63) is 34.1 Å². The maximum atomic E-state index is 13.6. The van der Waals surface area contributed by atoms with Crippen molar-refractivity contribution in [2.24, 2.45) is 0 Å². The van der Waals surface area contributed by atoms with Crippen molar-refractivity contribution in [2.75, 3.05) is 18.4 Å². The molecule has 0 spiro atoms. The van der Waals surface area contributed by atoms with Crippen LogP contribution in [0.4, 0.5) is 20.6 Å². The summed E-state index contributed by atoms with van der Waals surface area (Å²) in [6, 6.07) is 3.72. The summed E-state index contributed by atoms with van der Waals surface area (Å²) in [4.78, 5) is 23.8. The van der Waals surface area contributed by atoms with Gasteiger partial charge in [-0.1, -0.05) is 6.07 Å². The highest BCUT2D eigenvalue weighted by atomic mass is 19.1. The zero-order valence-electron chi connectivity index (χ0n) is 13.3. The molecule has 8 heteroatoms. The number of nitrogens with zero attached hydrogens (tertiary/aromatic N) is 2. The number of nitro groups is 1. The van der Waals surface area contributed by atoms with E-state index in [9.17, 15) is 19.3 Å². The van der Waals surface area contributed by atoms with Gasteiger partial charge in [0.25, 0.3) is 0 Å². The summed E-state index contributed by atoms with van der Waals surface area (Å²) in [7, 11) is 0. The van der Waals surface area contributed by atoms with Gasteiger partial charge >= 0.3 is 11.8 Å². The van der Waals surface area contributed by atoms with Crippen molar-refractivity contribution in [1.29, 1.82) is 0 Å². The van der Waals surface area contributed by atoms with Crippen LogP contribution in [0.2, 0.25) is 0 Å². The van der Waals surface area contributed by atoms with Crippen LogP contribution in [0.25, 0.3) is 0 Å². The molecular weight excluding hydrogens is 305 g/mol. The van der Waals surface area contributed by atoms with Crippen molar-refractivity contribution >= 4 is 17.5 Å². The monoisotopic (exact) mass is 325 g/mol. The summed E-state index contributed by atoms with van der Waals surface area (Å²) >= 11 is 0. The number of nitro benzene ring substituents is 1. The molecule has 1 fully saturated rings. The molecule has 0 aromatic heterocycles. The van der Waals surface area contributed by atoms with E-state index in [0.29, 0.717) is 19.5 Å². The highest BCUT2D eigenvalue weighted by molar-refractivity contribution is 5.69. The van der Waals surface area contributed by atoms with E-state index in [1.54, 1.807) is 20.8 Å². The molecule has 1 heterocycles. The Bertz CT molecular complexity index is 615. The van der Waals surface area contributed by atoms with E-state index in [0.717, 1.165) is 6.07 Å². The van der Waals surface area contributed by atoms with Gasteiger partial charge in [0.2, 0.25) is 5.82 Å². The van der Waals surface area contributed by atoms with Crippen LogP contribution in [0.3, 0.4) is 0 Å². The molecule has 0 saturated carbocycles. The molecule has 0 aliphatic carbocycles. The number of para-hydroxylation sites is 1. The summed E-state index contributed by atoms with van der Waals surface area (Å²) in [5.74, 6) is -0.887. The van der Waals surface area contributed by atoms with Gasteiger partial charge < -0.3 is 15.0 Å². The SMILES string of the molecule is CC(C)(C)OC(=O)N1CCC(Nc2cccc(F)c2[N+](=O)[O-])C1. The van der Waals surface area contributed by atoms with Gasteiger partial charge in [0.05, 0.1) is 4.92 Å². The number of ether oxygens (including phenoxy) is 1. The number of carbonyl (C=O) groups excluding carboxylic acids is 1. The fourth-order valence-electron chi connectivity index (χ4n) is 2.41. The lowest BCUT2D eigenvalue weighted by molar-refractivity contribution is -0.386. The summed E-state index contributed by atoms with van der Waals surface area (Å²) in [6.07, 6.45) is 0.183. The van der Waals surface area contributed by atoms with Gasteiger partial charge in [0.1, 0.15) is 11.3 Å². The maximum absolute atomic E-state index is 13.6. The molecule has 1 atom stereocenters. The number of amides is 1. The number of benzene rings is 1. The predicted octanol–water partition coefficient (Wildman–Crippen LogP) is 3.16. The Morgan fingerprint density at radius 3 is 2.78 bits per heavy atom. The number of likely N-dealkylation sites (tertiary alicyclic amines) is 1. The van der Waals surface area contributed by atoms with E-state index in [1.807, 2.05) is 0 Å². The molecule has 1 aliphatic heterocycles. The standard InChI is InChI=1S/C15H20FN3O4/c1-15(2,3)23-14(20)18-8-7-10(9-18)17-12-6-4-5-11(16)13(12)19(21)22/h4-6,10,17H,7-9H2,1-3H3. The number of hydrogen-bond donors (Lipinski definition) is 1. The Kier molecular flexibility index (Phi) is 4.72. The fourth-order valence-corrected chi connectivity index (χ4v) is 2.41. The minimum atomic E-state index is -0.887. The third-order valence-corrected chi connectivity index (χ3v) is 3.37. The third kappa shape index (κ3) is 4.30. The summed E-state index contributed by atoms with van der Waals surface area (Å²) < 4.78 is 18.9. The molecule has 23 heavy (non-hydrogen) atoms. The number of hydrogen-bond acceptors (Lipinski definition) is 5. The Labute approximate surface area is 133 Å². The molecule has 2 rings (SSSR count). The Balaban J connectivity index is 2.03. The van der Waals surface area contributed by atoms with Crippen LogP contribution in [0.15, 0.2) is 18.2 Å². The minimum absolute atomic E-state index is 0.117. The summed E-state index contributed by atoms with van der Waals surface area (Å²) in [5.41, 5.74) is -1.04. The zero-order chi connectivity index (χ0) is 17.2. The molecule has 0 radical (unpaired) electrons. The molecule has 126 valence electrons. The lowest BCUT2D eigenvalue weighted by Gasteiger charge is -2.24. The minimum Gasteiger partial charge on any atom is -0.444 e. The lowest BCUT2D eigenvalue weighted by atomic mass is 10.2. The molecule has 7 nitrogen and oxygen atoms in total. The van der Waals surface area contributed by atoms with Gasteiger partial charge in [0.15, 0.2) is 0 Å². The van der Waals surface area contributed by atoms with Crippen LogP contribution in [0.1, 0.15) is 27.2 Å². The van der Waals surface area contributed by atoms with Crippen LogP contribution in [-0.2, 0) is 4.74 Å². The van der Waals surface area contributed by atoms with E-state index >= 15 is 0 Å². The van der Waals surface area contributed by atoms with E-state index in [-0.39, 0.29) is 11.7 Å². The van der Waals surface area contributed by atoms with Crippen molar-refractivity contribution in [3.63, 3.8) is 0 Å². The lowest BCUT2D eigenvalue weighted by Crippen LogP contribution is -2.36. The van der Waals surface area contributed by atoms with Crippen LogP contribution in [0.5, 0.6) is 0 Å². The first-order valence-electron chi connectivity index (χ1n) is 7.35. The average molecular weight is 325 g/mol. The zero-order valence-corrected chi connectivity index (χ0v) is 13.3. The van der Waals surface area contributed by atoms with Gasteiger partial charge in [-0.3, -0.25) is 10.1 Å². The van der Waals surface area contributed by atoms with Crippen LogP contribution in [0, 0.1) is 15.9 Å². The first kappa shape index (κ1) is 17.0. The van der Waals surface area contributed by atoms with Crippen molar-refractivity contribution in [1.82, 2.24) is 4.90 Å². The number of carbonyl (C=O) groups is 1. The van der Waals surface area contributed by atoms with Crippen molar-refractivity contribution in [3.8, 4) is 0 Å². The number of anilines is 1. The largest absolute Gasteiger partial charge is 0.444 e. The molecule has 1 saturated heterocycles. The van der Waals surface area contributed by atoms with Gasteiger partial charge in [-0.15, -0.1) is 0 Å². The first-order chi connectivity index (χ1) is 10.7. The second-order valence-electron chi connectivity index (χ2n) is 6.45. The Hall–Kier alpha value is -2.38.